The topological polar surface area (TPSA) is 24.9 Å². The molecule has 2 aromatic heterocycles. The summed E-state index contributed by atoms with van der Waals surface area (Å²) < 4.78 is 0. The molecule has 2 nitrogen and oxygen atoms in total. The third kappa shape index (κ3) is 2.99. The van der Waals surface area contributed by atoms with Gasteiger partial charge in [0.25, 0.3) is 0 Å². The van der Waals surface area contributed by atoms with Crippen molar-refractivity contribution in [1.29, 1.82) is 0 Å². The Morgan fingerprint density at radius 2 is 2.11 bits per heavy atom. The number of rotatable bonds is 4. The van der Waals surface area contributed by atoms with E-state index < -0.39 is 0 Å². The van der Waals surface area contributed by atoms with E-state index in [0.29, 0.717) is 0 Å². The molecule has 0 aliphatic rings. The molecule has 4 heteroatoms. The van der Waals surface area contributed by atoms with Crippen LogP contribution in [0.2, 0.25) is 0 Å². The van der Waals surface area contributed by atoms with Crippen LogP contribution in [-0.2, 0) is 12.0 Å². The van der Waals surface area contributed by atoms with Crippen LogP contribution in [-0.4, -0.2) is 11.5 Å². The summed E-state index contributed by atoms with van der Waals surface area (Å²) in [7, 11) is 0. The number of hydrogen-bond acceptors (Lipinski definition) is 4. The Morgan fingerprint density at radius 3 is 2.67 bits per heavy atom. The van der Waals surface area contributed by atoms with Crippen molar-refractivity contribution in [3.63, 3.8) is 0 Å². The normalized spacial score (nSPS) is 12.0. The Kier molecular flexibility index (Phi) is 4.20. The van der Waals surface area contributed by atoms with E-state index in [1.165, 1.54) is 15.4 Å². The first-order valence-electron chi connectivity index (χ1n) is 6.27. The molecule has 0 saturated heterocycles. The fourth-order valence-electron chi connectivity index (χ4n) is 1.80. The van der Waals surface area contributed by atoms with Crippen LogP contribution in [0.1, 0.15) is 38.3 Å². The van der Waals surface area contributed by atoms with Gasteiger partial charge >= 0.3 is 0 Å². The summed E-state index contributed by atoms with van der Waals surface area (Å²) in [6, 6.07) is 4.23. The molecule has 1 N–H and O–H groups in total. The maximum atomic E-state index is 4.87. The smallest absolute Gasteiger partial charge is 0.133 e. The molecule has 2 aromatic rings. The van der Waals surface area contributed by atoms with Gasteiger partial charge in [0.1, 0.15) is 5.01 Å². The highest BCUT2D eigenvalue weighted by Crippen LogP contribution is 2.36. The van der Waals surface area contributed by atoms with Crippen LogP contribution >= 0.6 is 22.7 Å². The molecular formula is C14H20N2S2. The summed E-state index contributed by atoms with van der Waals surface area (Å²) in [6.07, 6.45) is 0. The van der Waals surface area contributed by atoms with Crippen molar-refractivity contribution in [2.75, 3.05) is 6.54 Å². The number of hydrogen-bond donors (Lipinski definition) is 1. The summed E-state index contributed by atoms with van der Waals surface area (Å²) >= 11 is 3.58. The van der Waals surface area contributed by atoms with Gasteiger partial charge in [-0.05, 0) is 18.0 Å². The molecule has 18 heavy (non-hydrogen) atoms. The molecule has 0 radical (unpaired) electrons. The van der Waals surface area contributed by atoms with E-state index >= 15 is 0 Å². The fourth-order valence-corrected chi connectivity index (χ4v) is 3.84. The van der Waals surface area contributed by atoms with Gasteiger partial charge in [0.15, 0.2) is 0 Å². The molecular weight excluding hydrogens is 260 g/mol. The minimum absolute atomic E-state index is 0.108. The lowest BCUT2D eigenvalue weighted by Gasteiger charge is -2.17. The molecule has 2 heterocycles. The van der Waals surface area contributed by atoms with Crippen LogP contribution < -0.4 is 5.32 Å². The van der Waals surface area contributed by atoms with Gasteiger partial charge in [0.2, 0.25) is 0 Å². The van der Waals surface area contributed by atoms with Gasteiger partial charge in [0.05, 0.1) is 10.6 Å². The van der Waals surface area contributed by atoms with E-state index in [2.05, 4.69) is 50.5 Å². The maximum absolute atomic E-state index is 4.87. The van der Waals surface area contributed by atoms with Crippen molar-refractivity contribution in [2.24, 2.45) is 0 Å². The predicted molar refractivity (Wildman–Crippen MR) is 81.5 cm³/mol. The molecule has 0 bridgehead atoms. The standard InChI is InChI=1S/C14H20N2S2/c1-5-15-9-11-12(14(2,3)4)16-13(18-11)10-7-6-8-17-10/h6-8,15H,5,9H2,1-4H3. The number of thiazole rings is 1. The van der Waals surface area contributed by atoms with Crippen LogP contribution in [0.25, 0.3) is 9.88 Å². The Hall–Kier alpha value is -0.710. The first-order valence-corrected chi connectivity index (χ1v) is 7.96. The minimum atomic E-state index is 0.108. The Balaban J connectivity index is 2.38. The summed E-state index contributed by atoms with van der Waals surface area (Å²) in [4.78, 5) is 7.51. The molecule has 0 atom stereocenters. The maximum Gasteiger partial charge on any atom is 0.133 e. The molecule has 0 unspecified atom stereocenters. The van der Waals surface area contributed by atoms with Crippen molar-refractivity contribution in [3.05, 3.63) is 28.1 Å². The lowest BCUT2D eigenvalue weighted by Crippen LogP contribution is -2.18. The summed E-state index contributed by atoms with van der Waals surface area (Å²) in [6.45, 7) is 10.8. The third-order valence-corrected chi connectivity index (χ3v) is 4.77. The number of nitrogens with zero attached hydrogens (tertiary/aromatic N) is 1. The predicted octanol–water partition coefficient (Wildman–Crippen LogP) is 4.28. The van der Waals surface area contributed by atoms with E-state index in [0.717, 1.165) is 18.1 Å². The van der Waals surface area contributed by atoms with Crippen LogP contribution in [0.4, 0.5) is 0 Å². The van der Waals surface area contributed by atoms with E-state index in [1.807, 2.05) is 11.3 Å². The second-order valence-corrected chi connectivity index (χ2v) is 7.33. The molecule has 2 rings (SSSR count). The number of nitrogens with one attached hydrogen (secondary N) is 1. The van der Waals surface area contributed by atoms with Crippen molar-refractivity contribution in [2.45, 2.75) is 39.7 Å². The molecule has 0 saturated carbocycles. The third-order valence-electron chi connectivity index (χ3n) is 2.68. The number of thiophene rings is 1. The van der Waals surface area contributed by atoms with Gasteiger partial charge in [-0.3, -0.25) is 0 Å². The van der Waals surface area contributed by atoms with E-state index in [1.54, 1.807) is 11.3 Å². The van der Waals surface area contributed by atoms with Crippen LogP contribution in [0, 0.1) is 0 Å². The largest absolute Gasteiger partial charge is 0.312 e. The minimum Gasteiger partial charge on any atom is -0.312 e. The van der Waals surface area contributed by atoms with Crippen molar-refractivity contribution < 1.29 is 0 Å². The SMILES string of the molecule is CCNCc1sc(-c2cccs2)nc1C(C)(C)C. The average molecular weight is 280 g/mol. The highest BCUT2D eigenvalue weighted by atomic mass is 32.1. The Bertz CT molecular complexity index is 492. The van der Waals surface area contributed by atoms with Crippen LogP contribution in [0.3, 0.4) is 0 Å². The quantitative estimate of drug-likeness (QED) is 0.904. The Morgan fingerprint density at radius 1 is 1.33 bits per heavy atom. The van der Waals surface area contributed by atoms with Crippen LogP contribution in [0.15, 0.2) is 17.5 Å². The van der Waals surface area contributed by atoms with Gasteiger partial charge in [-0.2, -0.15) is 0 Å². The number of aromatic nitrogens is 1. The van der Waals surface area contributed by atoms with Gasteiger partial charge in [-0.1, -0.05) is 33.8 Å². The first kappa shape index (κ1) is 13.7. The van der Waals surface area contributed by atoms with Gasteiger partial charge < -0.3 is 5.32 Å². The zero-order valence-corrected chi connectivity index (χ0v) is 13.0. The van der Waals surface area contributed by atoms with Gasteiger partial charge in [-0.25, -0.2) is 4.98 Å². The molecule has 0 fully saturated rings. The molecule has 0 aliphatic carbocycles. The molecule has 0 aromatic carbocycles. The lowest BCUT2D eigenvalue weighted by molar-refractivity contribution is 0.561. The first-order chi connectivity index (χ1) is 8.52. The van der Waals surface area contributed by atoms with Crippen LogP contribution in [0.5, 0.6) is 0 Å². The highest BCUT2D eigenvalue weighted by Gasteiger charge is 2.23. The molecule has 0 aliphatic heterocycles. The summed E-state index contributed by atoms with van der Waals surface area (Å²) in [5.74, 6) is 0. The summed E-state index contributed by atoms with van der Waals surface area (Å²) in [5, 5.41) is 6.67. The van der Waals surface area contributed by atoms with E-state index in [-0.39, 0.29) is 5.41 Å². The van der Waals surface area contributed by atoms with Crippen molar-refractivity contribution in [3.8, 4) is 9.88 Å². The van der Waals surface area contributed by atoms with E-state index in [9.17, 15) is 0 Å². The molecule has 98 valence electrons. The zero-order chi connectivity index (χ0) is 13.2. The molecule has 0 spiro atoms. The van der Waals surface area contributed by atoms with Crippen molar-refractivity contribution >= 4 is 22.7 Å². The fraction of sp³-hybridized carbons (Fsp3) is 0.500. The second-order valence-electron chi connectivity index (χ2n) is 5.30. The van der Waals surface area contributed by atoms with Gasteiger partial charge in [0, 0.05) is 16.8 Å². The van der Waals surface area contributed by atoms with Crippen molar-refractivity contribution in [1.82, 2.24) is 10.3 Å². The monoisotopic (exact) mass is 280 g/mol. The van der Waals surface area contributed by atoms with E-state index in [4.69, 9.17) is 4.98 Å². The second kappa shape index (κ2) is 5.51. The Labute approximate surface area is 117 Å². The molecule has 0 amide bonds. The lowest BCUT2D eigenvalue weighted by atomic mass is 9.91. The highest BCUT2D eigenvalue weighted by molar-refractivity contribution is 7.21. The average Bonchev–Trinajstić information content (AvgIpc) is 2.93. The van der Waals surface area contributed by atoms with Gasteiger partial charge in [-0.15, -0.1) is 22.7 Å². The zero-order valence-electron chi connectivity index (χ0n) is 11.4. The summed E-state index contributed by atoms with van der Waals surface area (Å²) in [5.41, 5.74) is 1.34.